The minimum Gasteiger partial charge on any atom is -0.494 e. The number of likely N-dealkylation sites (tertiary alicyclic amines) is 1. The summed E-state index contributed by atoms with van der Waals surface area (Å²) in [6.07, 6.45) is 1.78. The summed E-state index contributed by atoms with van der Waals surface area (Å²) in [5.41, 5.74) is -0.687. The molecule has 1 spiro atoms. The average Bonchev–Trinajstić information content (AvgIpc) is 3.09. The first-order chi connectivity index (χ1) is 11.1. The number of rotatable bonds is 5. The summed E-state index contributed by atoms with van der Waals surface area (Å²) in [7, 11) is 0. The van der Waals surface area contributed by atoms with Crippen molar-refractivity contribution in [1.82, 2.24) is 10.2 Å². The Morgan fingerprint density at radius 3 is 2.74 bits per heavy atom. The fourth-order valence-electron chi connectivity index (χ4n) is 3.19. The van der Waals surface area contributed by atoms with Crippen LogP contribution in [0.15, 0.2) is 30.3 Å². The van der Waals surface area contributed by atoms with Crippen LogP contribution in [0.4, 0.5) is 0 Å². The van der Waals surface area contributed by atoms with Crippen molar-refractivity contribution >= 4 is 17.7 Å². The molecule has 1 unspecified atom stereocenters. The molecule has 0 aliphatic carbocycles. The maximum absolute atomic E-state index is 12.2. The van der Waals surface area contributed by atoms with E-state index in [1.165, 1.54) is 0 Å². The molecule has 3 rings (SSSR count). The zero-order valence-electron chi connectivity index (χ0n) is 12.9. The number of carbonyl (C=O) groups is 3. The SMILES string of the molecule is O=C1CC2(CCN(C(=O)CCCOc3ccccc3)C2)C(=O)N1. The maximum Gasteiger partial charge on any atom is 0.235 e. The van der Waals surface area contributed by atoms with Gasteiger partial charge in [-0.1, -0.05) is 18.2 Å². The van der Waals surface area contributed by atoms with Crippen molar-refractivity contribution in [2.45, 2.75) is 25.7 Å². The number of nitrogens with one attached hydrogen (secondary N) is 1. The van der Waals surface area contributed by atoms with E-state index in [2.05, 4.69) is 5.32 Å². The van der Waals surface area contributed by atoms with Crippen molar-refractivity contribution in [2.24, 2.45) is 5.41 Å². The molecule has 1 aromatic carbocycles. The Kier molecular flexibility index (Phi) is 4.32. The highest BCUT2D eigenvalue weighted by atomic mass is 16.5. The third-order valence-corrected chi connectivity index (χ3v) is 4.49. The normalized spacial score (nSPS) is 23.4. The molecule has 3 amide bonds. The van der Waals surface area contributed by atoms with Crippen LogP contribution in [0.3, 0.4) is 0 Å². The first-order valence-electron chi connectivity index (χ1n) is 7.89. The minimum atomic E-state index is -0.687. The van der Waals surface area contributed by atoms with E-state index in [1.807, 2.05) is 30.3 Å². The first-order valence-corrected chi connectivity index (χ1v) is 7.89. The third kappa shape index (κ3) is 3.36. The lowest BCUT2D eigenvalue weighted by molar-refractivity contribution is -0.132. The van der Waals surface area contributed by atoms with Gasteiger partial charge in [-0.2, -0.15) is 0 Å². The van der Waals surface area contributed by atoms with Crippen molar-refractivity contribution < 1.29 is 19.1 Å². The number of hydrogen-bond acceptors (Lipinski definition) is 4. The zero-order valence-corrected chi connectivity index (χ0v) is 12.9. The quantitative estimate of drug-likeness (QED) is 0.652. The molecule has 122 valence electrons. The van der Waals surface area contributed by atoms with Gasteiger partial charge < -0.3 is 9.64 Å². The van der Waals surface area contributed by atoms with Crippen molar-refractivity contribution in [3.63, 3.8) is 0 Å². The van der Waals surface area contributed by atoms with Gasteiger partial charge in [-0.15, -0.1) is 0 Å². The van der Waals surface area contributed by atoms with Crippen molar-refractivity contribution in [1.29, 1.82) is 0 Å². The molecule has 2 heterocycles. The van der Waals surface area contributed by atoms with Gasteiger partial charge in [0, 0.05) is 25.9 Å². The van der Waals surface area contributed by atoms with Crippen molar-refractivity contribution in [3.8, 4) is 5.75 Å². The predicted molar refractivity (Wildman–Crippen MR) is 82.6 cm³/mol. The van der Waals surface area contributed by atoms with Crippen LogP contribution in [0.1, 0.15) is 25.7 Å². The molecule has 1 N–H and O–H groups in total. The Morgan fingerprint density at radius 2 is 2.04 bits per heavy atom. The van der Waals surface area contributed by atoms with E-state index < -0.39 is 5.41 Å². The largest absolute Gasteiger partial charge is 0.494 e. The van der Waals surface area contributed by atoms with Crippen LogP contribution in [0, 0.1) is 5.41 Å². The number of nitrogens with zero attached hydrogens (tertiary/aromatic N) is 1. The predicted octanol–water partition coefficient (Wildman–Crippen LogP) is 1.11. The van der Waals surface area contributed by atoms with Gasteiger partial charge in [-0.25, -0.2) is 0 Å². The second kappa shape index (κ2) is 6.40. The Morgan fingerprint density at radius 1 is 1.26 bits per heavy atom. The van der Waals surface area contributed by atoms with Gasteiger partial charge in [0.25, 0.3) is 0 Å². The maximum atomic E-state index is 12.2. The van der Waals surface area contributed by atoms with E-state index in [1.54, 1.807) is 4.90 Å². The second-order valence-corrected chi connectivity index (χ2v) is 6.16. The Labute approximate surface area is 134 Å². The summed E-state index contributed by atoms with van der Waals surface area (Å²) in [5, 5.41) is 2.34. The molecular formula is C17H20N2O4. The molecule has 2 aliphatic rings. The van der Waals surface area contributed by atoms with Crippen LogP contribution in [-0.4, -0.2) is 42.3 Å². The molecule has 0 saturated carbocycles. The molecule has 2 aliphatic heterocycles. The lowest BCUT2D eigenvalue weighted by Crippen LogP contribution is -2.36. The zero-order chi connectivity index (χ0) is 16.3. The first kappa shape index (κ1) is 15.5. The van der Waals surface area contributed by atoms with E-state index >= 15 is 0 Å². The van der Waals surface area contributed by atoms with Gasteiger partial charge in [-0.3, -0.25) is 19.7 Å². The molecule has 0 bridgehead atoms. The van der Waals surface area contributed by atoms with Crippen LogP contribution in [0.2, 0.25) is 0 Å². The van der Waals surface area contributed by atoms with E-state index in [4.69, 9.17) is 4.74 Å². The molecule has 1 aromatic rings. The van der Waals surface area contributed by atoms with Gasteiger partial charge in [-0.05, 0) is 25.0 Å². The number of para-hydroxylation sites is 1. The van der Waals surface area contributed by atoms with E-state index in [9.17, 15) is 14.4 Å². The summed E-state index contributed by atoms with van der Waals surface area (Å²) in [6, 6.07) is 9.48. The molecule has 6 heteroatoms. The lowest BCUT2D eigenvalue weighted by atomic mass is 9.85. The summed E-state index contributed by atoms with van der Waals surface area (Å²) < 4.78 is 5.56. The number of carbonyl (C=O) groups excluding carboxylic acids is 3. The number of ether oxygens (including phenoxy) is 1. The third-order valence-electron chi connectivity index (χ3n) is 4.49. The smallest absolute Gasteiger partial charge is 0.235 e. The molecule has 23 heavy (non-hydrogen) atoms. The molecule has 0 aromatic heterocycles. The standard InChI is InChI=1S/C17H20N2O4/c20-14-11-17(16(22)18-14)8-9-19(12-17)15(21)7-4-10-23-13-5-2-1-3-6-13/h1-3,5-6H,4,7-12H2,(H,18,20,22). The summed E-state index contributed by atoms with van der Waals surface area (Å²) in [4.78, 5) is 37.2. The van der Waals surface area contributed by atoms with Crippen LogP contribution in [0.25, 0.3) is 0 Å². The van der Waals surface area contributed by atoms with Crippen LogP contribution >= 0.6 is 0 Å². The van der Waals surface area contributed by atoms with E-state index in [0.29, 0.717) is 39.0 Å². The van der Waals surface area contributed by atoms with Crippen LogP contribution in [-0.2, 0) is 14.4 Å². The summed E-state index contributed by atoms with van der Waals surface area (Å²) in [5.74, 6) is 0.345. The molecule has 1 atom stereocenters. The van der Waals surface area contributed by atoms with E-state index in [-0.39, 0.29) is 24.1 Å². The highest BCUT2D eigenvalue weighted by molar-refractivity contribution is 6.06. The second-order valence-electron chi connectivity index (χ2n) is 6.16. The van der Waals surface area contributed by atoms with Crippen molar-refractivity contribution in [2.75, 3.05) is 19.7 Å². The Balaban J connectivity index is 1.43. The number of imide groups is 1. The highest BCUT2D eigenvalue weighted by Crippen LogP contribution is 2.37. The summed E-state index contributed by atoms with van der Waals surface area (Å²) in [6.45, 7) is 1.37. The fraction of sp³-hybridized carbons (Fsp3) is 0.471. The number of benzene rings is 1. The van der Waals surface area contributed by atoms with Gasteiger partial charge in [0.15, 0.2) is 0 Å². The van der Waals surface area contributed by atoms with E-state index in [0.717, 1.165) is 5.75 Å². The molecule has 6 nitrogen and oxygen atoms in total. The highest BCUT2D eigenvalue weighted by Gasteiger charge is 2.51. The van der Waals surface area contributed by atoms with Gasteiger partial charge in [0.1, 0.15) is 5.75 Å². The Bertz CT molecular complexity index is 616. The topological polar surface area (TPSA) is 75.7 Å². The summed E-state index contributed by atoms with van der Waals surface area (Å²) >= 11 is 0. The molecule has 0 radical (unpaired) electrons. The monoisotopic (exact) mass is 316 g/mol. The van der Waals surface area contributed by atoms with Crippen molar-refractivity contribution in [3.05, 3.63) is 30.3 Å². The molecular weight excluding hydrogens is 296 g/mol. The van der Waals surface area contributed by atoms with Crippen LogP contribution in [0.5, 0.6) is 5.75 Å². The average molecular weight is 316 g/mol. The molecule has 2 fully saturated rings. The van der Waals surface area contributed by atoms with Gasteiger partial charge in [0.05, 0.1) is 12.0 Å². The fourth-order valence-corrected chi connectivity index (χ4v) is 3.19. The molecule has 2 saturated heterocycles. The number of amides is 3. The van der Waals surface area contributed by atoms with Gasteiger partial charge in [0.2, 0.25) is 17.7 Å². The number of hydrogen-bond donors (Lipinski definition) is 1. The van der Waals surface area contributed by atoms with Crippen LogP contribution < -0.4 is 10.1 Å². The minimum absolute atomic E-state index is 0.0192. The lowest BCUT2D eigenvalue weighted by Gasteiger charge is -2.20. The Hall–Kier alpha value is -2.37. The van der Waals surface area contributed by atoms with Gasteiger partial charge >= 0.3 is 0 Å².